The van der Waals surface area contributed by atoms with Crippen LogP contribution in [-0.2, 0) is 6.42 Å². The molecule has 0 saturated heterocycles. The molecule has 2 rings (SSSR count). The quantitative estimate of drug-likeness (QED) is 0.756. The Morgan fingerprint density at radius 1 is 1.11 bits per heavy atom. The van der Waals surface area contributed by atoms with Gasteiger partial charge in [-0.1, -0.05) is 69.4 Å². The van der Waals surface area contributed by atoms with Gasteiger partial charge in [0.2, 0.25) is 0 Å². The lowest BCUT2D eigenvalue weighted by atomic mass is 9.84. The minimum Gasteiger partial charge on any atom is -0.314 e. The average Bonchev–Trinajstić information content (AvgIpc) is 2.47. The van der Waals surface area contributed by atoms with E-state index >= 15 is 0 Å². The maximum Gasteiger partial charge on any atom is 0.0107 e. The zero-order valence-corrected chi connectivity index (χ0v) is 12.4. The molecule has 1 N–H and O–H groups in total. The summed E-state index contributed by atoms with van der Waals surface area (Å²) in [7, 11) is 0. The predicted octanol–water partition coefficient (Wildman–Crippen LogP) is 4.57. The van der Waals surface area contributed by atoms with Crippen LogP contribution in [0.15, 0.2) is 30.3 Å². The third-order valence-electron chi connectivity index (χ3n) is 4.47. The fraction of sp³-hybridized carbons (Fsp3) is 0.667. The largest absolute Gasteiger partial charge is 0.314 e. The van der Waals surface area contributed by atoms with E-state index in [0.29, 0.717) is 6.04 Å². The molecule has 0 heterocycles. The van der Waals surface area contributed by atoms with Crippen LogP contribution in [0.5, 0.6) is 0 Å². The topological polar surface area (TPSA) is 12.0 Å². The minimum absolute atomic E-state index is 0.661. The summed E-state index contributed by atoms with van der Waals surface area (Å²) < 4.78 is 0. The Kier molecular flexibility index (Phi) is 6.43. The Morgan fingerprint density at radius 2 is 1.84 bits per heavy atom. The van der Waals surface area contributed by atoms with Crippen LogP contribution in [0.2, 0.25) is 0 Å². The number of benzene rings is 1. The van der Waals surface area contributed by atoms with Gasteiger partial charge in [0, 0.05) is 6.04 Å². The predicted molar refractivity (Wildman–Crippen MR) is 83.4 cm³/mol. The summed E-state index contributed by atoms with van der Waals surface area (Å²) in [5, 5.41) is 3.67. The second-order valence-corrected chi connectivity index (χ2v) is 6.03. The fourth-order valence-corrected chi connectivity index (χ4v) is 3.38. The molecule has 0 amide bonds. The van der Waals surface area contributed by atoms with Gasteiger partial charge in [-0.2, -0.15) is 0 Å². The van der Waals surface area contributed by atoms with Crippen LogP contribution in [0.4, 0.5) is 0 Å². The van der Waals surface area contributed by atoms with Crippen molar-refractivity contribution in [3.8, 4) is 0 Å². The van der Waals surface area contributed by atoms with E-state index in [2.05, 4.69) is 42.6 Å². The first-order valence-electron chi connectivity index (χ1n) is 8.15. The standard InChI is InChI=1S/C18H29N/c1-2-19-18(15-17-11-7-4-8-12-17)14-13-16-9-5-3-6-10-16/h4,7-8,11-12,16,18-19H,2-3,5-6,9-10,13-15H2,1H3. The van der Waals surface area contributed by atoms with Gasteiger partial charge in [-0.3, -0.25) is 0 Å². The van der Waals surface area contributed by atoms with E-state index in [1.807, 2.05) is 0 Å². The van der Waals surface area contributed by atoms with E-state index in [4.69, 9.17) is 0 Å². The van der Waals surface area contributed by atoms with Crippen molar-refractivity contribution in [2.45, 2.75) is 64.3 Å². The number of hydrogen-bond donors (Lipinski definition) is 1. The van der Waals surface area contributed by atoms with E-state index < -0.39 is 0 Å². The molecule has 1 unspecified atom stereocenters. The van der Waals surface area contributed by atoms with Gasteiger partial charge in [0.15, 0.2) is 0 Å². The highest BCUT2D eigenvalue weighted by atomic mass is 14.9. The first-order chi connectivity index (χ1) is 9.38. The Hall–Kier alpha value is -0.820. The molecule has 19 heavy (non-hydrogen) atoms. The lowest BCUT2D eigenvalue weighted by Gasteiger charge is -2.24. The first kappa shape index (κ1) is 14.6. The molecule has 1 nitrogen and oxygen atoms in total. The Labute approximate surface area is 118 Å². The van der Waals surface area contributed by atoms with Crippen molar-refractivity contribution in [1.82, 2.24) is 5.32 Å². The number of likely N-dealkylation sites (N-methyl/N-ethyl adjacent to an activating group) is 1. The molecule has 0 aromatic heterocycles. The van der Waals surface area contributed by atoms with Gasteiger partial charge < -0.3 is 5.32 Å². The van der Waals surface area contributed by atoms with Gasteiger partial charge in [-0.05, 0) is 37.3 Å². The van der Waals surface area contributed by atoms with Crippen molar-refractivity contribution in [2.75, 3.05) is 6.54 Å². The zero-order valence-electron chi connectivity index (χ0n) is 12.4. The molecular weight excluding hydrogens is 230 g/mol. The Bertz CT molecular complexity index is 327. The lowest BCUT2D eigenvalue weighted by Crippen LogP contribution is -2.31. The Balaban J connectivity index is 1.78. The van der Waals surface area contributed by atoms with Gasteiger partial charge in [0.05, 0.1) is 0 Å². The summed E-state index contributed by atoms with van der Waals surface area (Å²) in [5.74, 6) is 1.01. The molecule has 1 fully saturated rings. The second-order valence-electron chi connectivity index (χ2n) is 6.03. The highest BCUT2D eigenvalue weighted by molar-refractivity contribution is 5.15. The zero-order chi connectivity index (χ0) is 13.3. The maximum atomic E-state index is 3.67. The summed E-state index contributed by atoms with van der Waals surface area (Å²) in [6, 6.07) is 11.6. The van der Waals surface area contributed by atoms with Crippen LogP contribution in [0.25, 0.3) is 0 Å². The van der Waals surface area contributed by atoms with Gasteiger partial charge in [0.1, 0.15) is 0 Å². The van der Waals surface area contributed by atoms with Crippen LogP contribution >= 0.6 is 0 Å². The van der Waals surface area contributed by atoms with Crippen molar-refractivity contribution in [3.63, 3.8) is 0 Å². The maximum absolute atomic E-state index is 3.67. The molecule has 0 bridgehead atoms. The van der Waals surface area contributed by atoms with Crippen LogP contribution in [0, 0.1) is 5.92 Å². The van der Waals surface area contributed by atoms with Crippen molar-refractivity contribution in [2.24, 2.45) is 5.92 Å². The number of rotatable bonds is 7. The summed E-state index contributed by atoms with van der Waals surface area (Å²) in [6.07, 6.45) is 11.3. The third-order valence-corrected chi connectivity index (χ3v) is 4.47. The number of nitrogens with one attached hydrogen (secondary N) is 1. The van der Waals surface area contributed by atoms with Crippen LogP contribution in [0.1, 0.15) is 57.4 Å². The molecule has 1 aromatic carbocycles. The van der Waals surface area contributed by atoms with Crippen LogP contribution in [-0.4, -0.2) is 12.6 Å². The molecule has 1 aromatic rings. The van der Waals surface area contributed by atoms with Crippen LogP contribution < -0.4 is 5.32 Å². The van der Waals surface area contributed by atoms with Crippen LogP contribution in [0.3, 0.4) is 0 Å². The van der Waals surface area contributed by atoms with E-state index in [9.17, 15) is 0 Å². The Morgan fingerprint density at radius 3 is 2.53 bits per heavy atom. The van der Waals surface area contributed by atoms with E-state index in [0.717, 1.165) is 12.5 Å². The molecule has 1 saturated carbocycles. The molecule has 1 aliphatic carbocycles. The van der Waals surface area contributed by atoms with Gasteiger partial charge in [-0.25, -0.2) is 0 Å². The molecular formula is C18H29N. The van der Waals surface area contributed by atoms with E-state index in [-0.39, 0.29) is 0 Å². The average molecular weight is 259 g/mol. The molecule has 1 heteroatoms. The second kappa shape index (κ2) is 8.37. The normalized spacial score (nSPS) is 18.4. The SMILES string of the molecule is CCNC(CCC1CCCCC1)Cc1ccccc1. The first-order valence-corrected chi connectivity index (χ1v) is 8.15. The van der Waals surface area contributed by atoms with Gasteiger partial charge in [-0.15, -0.1) is 0 Å². The smallest absolute Gasteiger partial charge is 0.0107 e. The number of hydrogen-bond acceptors (Lipinski definition) is 1. The van der Waals surface area contributed by atoms with Crippen molar-refractivity contribution < 1.29 is 0 Å². The molecule has 0 spiro atoms. The molecule has 1 aliphatic rings. The highest BCUT2D eigenvalue weighted by Crippen LogP contribution is 2.28. The lowest BCUT2D eigenvalue weighted by molar-refractivity contribution is 0.313. The monoisotopic (exact) mass is 259 g/mol. The fourth-order valence-electron chi connectivity index (χ4n) is 3.38. The molecule has 0 aliphatic heterocycles. The molecule has 1 atom stereocenters. The van der Waals surface area contributed by atoms with Gasteiger partial charge in [0.25, 0.3) is 0 Å². The molecule has 0 radical (unpaired) electrons. The molecule has 106 valence electrons. The van der Waals surface area contributed by atoms with Crippen molar-refractivity contribution in [3.05, 3.63) is 35.9 Å². The summed E-state index contributed by atoms with van der Waals surface area (Å²) in [4.78, 5) is 0. The van der Waals surface area contributed by atoms with Crippen molar-refractivity contribution in [1.29, 1.82) is 0 Å². The summed E-state index contributed by atoms with van der Waals surface area (Å²) in [6.45, 7) is 3.31. The van der Waals surface area contributed by atoms with E-state index in [1.54, 1.807) is 0 Å². The summed E-state index contributed by atoms with van der Waals surface area (Å²) >= 11 is 0. The van der Waals surface area contributed by atoms with Crippen molar-refractivity contribution >= 4 is 0 Å². The highest BCUT2D eigenvalue weighted by Gasteiger charge is 2.16. The minimum atomic E-state index is 0.661. The third kappa shape index (κ3) is 5.36. The van der Waals surface area contributed by atoms with Gasteiger partial charge >= 0.3 is 0 Å². The van der Waals surface area contributed by atoms with E-state index in [1.165, 1.54) is 56.9 Å². The summed E-state index contributed by atoms with van der Waals surface area (Å²) in [5.41, 5.74) is 1.47.